The number of hydrogen-bond donors (Lipinski definition) is 1. The van der Waals surface area contributed by atoms with Gasteiger partial charge in [0.25, 0.3) is 11.6 Å². The molecule has 0 radical (unpaired) electrons. The molecule has 4 aromatic rings. The lowest BCUT2D eigenvalue weighted by Crippen LogP contribution is -2.16. The second kappa shape index (κ2) is 7.99. The average molecular weight is 411 g/mol. The molecular formula is C25H21N3O3. The number of nitrogens with one attached hydrogen (secondary N) is 1. The van der Waals surface area contributed by atoms with Crippen molar-refractivity contribution in [3.05, 3.63) is 99.1 Å². The van der Waals surface area contributed by atoms with Crippen molar-refractivity contribution in [3.63, 3.8) is 0 Å². The number of nitro groups is 1. The van der Waals surface area contributed by atoms with Gasteiger partial charge in [-0.2, -0.15) is 0 Å². The molecule has 0 spiro atoms. The highest BCUT2D eigenvalue weighted by atomic mass is 16.6. The summed E-state index contributed by atoms with van der Waals surface area (Å²) in [5.41, 5.74) is 5.38. The van der Waals surface area contributed by atoms with Gasteiger partial charge in [-0.25, -0.2) is 4.98 Å². The van der Waals surface area contributed by atoms with Gasteiger partial charge in [0, 0.05) is 17.0 Å². The van der Waals surface area contributed by atoms with Crippen LogP contribution in [0, 0.1) is 30.9 Å². The molecule has 1 heterocycles. The minimum absolute atomic E-state index is 0.136. The molecule has 0 fully saturated rings. The number of amides is 1. The summed E-state index contributed by atoms with van der Waals surface area (Å²) in [5, 5.41) is 14.9. The summed E-state index contributed by atoms with van der Waals surface area (Å²) in [6.07, 6.45) is 0. The molecular weight excluding hydrogens is 390 g/mol. The molecule has 0 unspecified atom stereocenters. The number of pyridine rings is 1. The SMILES string of the molecule is Cc1ccc(-c2nc3ccccc3c(C(=O)Nc3ccc(C)cc3[N+](=O)[O-])c2C)cc1. The third-order valence-electron chi connectivity index (χ3n) is 5.29. The summed E-state index contributed by atoms with van der Waals surface area (Å²) in [4.78, 5) is 29.2. The number of fused-ring (bicyclic) bond motifs is 1. The van der Waals surface area contributed by atoms with Crippen LogP contribution in [0.25, 0.3) is 22.2 Å². The highest BCUT2D eigenvalue weighted by Gasteiger charge is 2.22. The lowest BCUT2D eigenvalue weighted by atomic mass is 9.96. The van der Waals surface area contributed by atoms with E-state index < -0.39 is 10.8 Å². The first-order valence-electron chi connectivity index (χ1n) is 9.88. The Bertz CT molecular complexity index is 1330. The van der Waals surface area contributed by atoms with Crippen LogP contribution < -0.4 is 5.32 Å². The molecule has 0 aliphatic heterocycles. The van der Waals surface area contributed by atoms with Crippen molar-refractivity contribution in [3.8, 4) is 11.3 Å². The Hall–Kier alpha value is -4.06. The van der Waals surface area contributed by atoms with Gasteiger partial charge in [0.2, 0.25) is 0 Å². The molecule has 31 heavy (non-hydrogen) atoms. The number of carbonyl (C=O) groups is 1. The van der Waals surface area contributed by atoms with E-state index in [0.717, 1.165) is 22.3 Å². The van der Waals surface area contributed by atoms with E-state index in [2.05, 4.69) is 5.32 Å². The van der Waals surface area contributed by atoms with Gasteiger partial charge < -0.3 is 5.32 Å². The quantitative estimate of drug-likeness (QED) is 0.330. The number of carbonyl (C=O) groups excluding carboxylic acids is 1. The molecule has 0 atom stereocenters. The molecule has 154 valence electrons. The van der Waals surface area contributed by atoms with Gasteiger partial charge in [0.05, 0.1) is 21.7 Å². The second-order valence-electron chi connectivity index (χ2n) is 7.58. The van der Waals surface area contributed by atoms with Crippen LogP contribution in [-0.2, 0) is 0 Å². The number of rotatable bonds is 4. The zero-order chi connectivity index (χ0) is 22.1. The molecule has 6 heteroatoms. The van der Waals surface area contributed by atoms with Crippen LogP contribution in [0.3, 0.4) is 0 Å². The lowest BCUT2D eigenvalue weighted by molar-refractivity contribution is -0.384. The van der Waals surface area contributed by atoms with Crippen LogP contribution in [0.15, 0.2) is 66.7 Å². The Kier molecular flexibility index (Phi) is 5.21. The largest absolute Gasteiger partial charge is 0.316 e. The van der Waals surface area contributed by atoms with E-state index in [4.69, 9.17) is 4.98 Å². The third-order valence-corrected chi connectivity index (χ3v) is 5.29. The van der Waals surface area contributed by atoms with Crippen LogP contribution in [0.1, 0.15) is 27.0 Å². The summed E-state index contributed by atoms with van der Waals surface area (Å²) >= 11 is 0. The Labute approximate surface area is 179 Å². The highest BCUT2D eigenvalue weighted by Crippen LogP contribution is 2.32. The van der Waals surface area contributed by atoms with Crippen molar-refractivity contribution in [2.75, 3.05) is 5.32 Å². The van der Waals surface area contributed by atoms with Gasteiger partial charge >= 0.3 is 0 Å². The fraction of sp³-hybridized carbons (Fsp3) is 0.120. The number of aryl methyl sites for hydroxylation is 2. The van der Waals surface area contributed by atoms with Gasteiger partial charge in [-0.15, -0.1) is 0 Å². The Morgan fingerprint density at radius 1 is 0.935 bits per heavy atom. The summed E-state index contributed by atoms with van der Waals surface area (Å²) in [7, 11) is 0. The topological polar surface area (TPSA) is 85.1 Å². The predicted molar refractivity (Wildman–Crippen MR) is 122 cm³/mol. The minimum Gasteiger partial charge on any atom is -0.316 e. The van der Waals surface area contributed by atoms with Crippen molar-refractivity contribution in [1.82, 2.24) is 4.98 Å². The van der Waals surface area contributed by atoms with E-state index in [1.54, 1.807) is 19.1 Å². The molecule has 0 saturated heterocycles. The maximum atomic E-state index is 13.4. The van der Waals surface area contributed by atoms with E-state index >= 15 is 0 Å². The molecule has 1 aromatic heterocycles. The van der Waals surface area contributed by atoms with E-state index in [1.165, 1.54) is 6.07 Å². The van der Waals surface area contributed by atoms with Crippen molar-refractivity contribution >= 4 is 28.2 Å². The van der Waals surface area contributed by atoms with Gasteiger partial charge in [-0.1, -0.05) is 54.1 Å². The fourth-order valence-electron chi connectivity index (χ4n) is 3.68. The molecule has 3 aromatic carbocycles. The van der Waals surface area contributed by atoms with E-state index in [0.29, 0.717) is 22.2 Å². The molecule has 4 rings (SSSR count). The average Bonchev–Trinajstić information content (AvgIpc) is 2.75. The predicted octanol–water partition coefficient (Wildman–Crippen LogP) is 5.99. The van der Waals surface area contributed by atoms with Crippen LogP contribution in [0.5, 0.6) is 0 Å². The standard InChI is InChI=1S/C25H21N3O3/c1-15-8-11-18(12-9-15)24-17(3)23(19-6-4-5-7-20(19)26-24)25(29)27-21-13-10-16(2)14-22(21)28(30)31/h4-14H,1-3H3,(H,27,29). The molecule has 0 aliphatic rings. The molecule has 1 N–H and O–H groups in total. The third kappa shape index (κ3) is 3.88. The summed E-state index contributed by atoms with van der Waals surface area (Å²) in [6.45, 7) is 5.64. The number of para-hydroxylation sites is 1. The van der Waals surface area contributed by atoms with Gasteiger partial charge in [-0.05, 0) is 44.0 Å². The maximum absolute atomic E-state index is 13.4. The Balaban J connectivity index is 1.87. The maximum Gasteiger partial charge on any atom is 0.293 e. The monoisotopic (exact) mass is 411 g/mol. The highest BCUT2D eigenvalue weighted by molar-refractivity contribution is 6.15. The van der Waals surface area contributed by atoms with Crippen molar-refractivity contribution in [2.45, 2.75) is 20.8 Å². The Morgan fingerprint density at radius 2 is 1.61 bits per heavy atom. The summed E-state index contributed by atoms with van der Waals surface area (Å²) < 4.78 is 0. The van der Waals surface area contributed by atoms with Crippen molar-refractivity contribution < 1.29 is 9.72 Å². The number of anilines is 1. The van der Waals surface area contributed by atoms with Gasteiger partial charge in [0.15, 0.2) is 0 Å². The van der Waals surface area contributed by atoms with Crippen molar-refractivity contribution in [2.24, 2.45) is 0 Å². The molecule has 1 amide bonds. The summed E-state index contributed by atoms with van der Waals surface area (Å²) in [6, 6.07) is 20.1. The zero-order valence-corrected chi connectivity index (χ0v) is 17.5. The number of nitro benzene ring substituents is 1. The first-order valence-corrected chi connectivity index (χ1v) is 9.88. The Morgan fingerprint density at radius 3 is 2.32 bits per heavy atom. The number of benzene rings is 3. The van der Waals surface area contributed by atoms with Crippen LogP contribution >= 0.6 is 0 Å². The first-order chi connectivity index (χ1) is 14.8. The molecule has 0 saturated carbocycles. The minimum atomic E-state index is -0.488. The number of hydrogen-bond acceptors (Lipinski definition) is 4. The zero-order valence-electron chi connectivity index (χ0n) is 17.5. The van der Waals surface area contributed by atoms with E-state index in [1.807, 2.05) is 62.4 Å². The van der Waals surface area contributed by atoms with Crippen LogP contribution in [0.4, 0.5) is 11.4 Å². The number of aromatic nitrogens is 1. The molecule has 0 bridgehead atoms. The van der Waals surface area contributed by atoms with Gasteiger partial charge in [0.1, 0.15) is 5.69 Å². The summed E-state index contributed by atoms with van der Waals surface area (Å²) in [5.74, 6) is -0.406. The van der Waals surface area contributed by atoms with E-state index in [9.17, 15) is 14.9 Å². The number of nitrogens with zero attached hydrogens (tertiary/aromatic N) is 2. The lowest BCUT2D eigenvalue weighted by Gasteiger charge is -2.15. The normalized spacial score (nSPS) is 10.8. The fourth-order valence-corrected chi connectivity index (χ4v) is 3.68. The van der Waals surface area contributed by atoms with E-state index in [-0.39, 0.29) is 11.4 Å². The van der Waals surface area contributed by atoms with Crippen LogP contribution in [0.2, 0.25) is 0 Å². The van der Waals surface area contributed by atoms with Gasteiger partial charge in [-0.3, -0.25) is 14.9 Å². The smallest absolute Gasteiger partial charge is 0.293 e. The molecule has 6 nitrogen and oxygen atoms in total. The van der Waals surface area contributed by atoms with Crippen LogP contribution in [-0.4, -0.2) is 15.8 Å². The first kappa shape index (κ1) is 20.2. The molecule has 0 aliphatic carbocycles. The second-order valence-corrected chi connectivity index (χ2v) is 7.58. The van der Waals surface area contributed by atoms with Crippen molar-refractivity contribution in [1.29, 1.82) is 0 Å².